The van der Waals surface area contributed by atoms with Crippen LogP contribution in [0.4, 0.5) is 0 Å². The van der Waals surface area contributed by atoms with Gasteiger partial charge >= 0.3 is 0 Å². The molecule has 1 atom stereocenters. The Morgan fingerprint density at radius 2 is 1.67 bits per heavy atom. The van der Waals surface area contributed by atoms with Crippen LogP contribution in [0.2, 0.25) is 0 Å². The molecule has 0 aromatic heterocycles. The highest BCUT2D eigenvalue weighted by molar-refractivity contribution is 9.10. The Hall–Kier alpha value is -0.340. The van der Waals surface area contributed by atoms with E-state index < -0.39 is 0 Å². The first kappa shape index (κ1) is 18.7. The molecule has 0 aliphatic rings. The molecule has 0 aliphatic carbocycles. The third-order valence-corrected chi connectivity index (χ3v) is 4.54. The summed E-state index contributed by atoms with van der Waals surface area (Å²) in [5.41, 5.74) is 1.47. The Morgan fingerprint density at radius 3 is 2.33 bits per heavy atom. The van der Waals surface area contributed by atoms with Gasteiger partial charge in [0.15, 0.2) is 0 Å². The summed E-state index contributed by atoms with van der Waals surface area (Å²) in [6.07, 6.45) is 10.7. The number of benzene rings is 1. The lowest BCUT2D eigenvalue weighted by molar-refractivity contribution is 0.420. The maximum absolute atomic E-state index is 3.61. The van der Waals surface area contributed by atoms with Crippen molar-refractivity contribution in [2.45, 2.75) is 65.2 Å². The third-order valence-electron chi connectivity index (χ3n) is 4.01. The zero-order valence-electron chi connectivity index (χ0n) is 13.8. The Kier molecular flexibility index (Phi) is 10.9. The third kappa shape index (κ3) is 9.31. The van der Waals surface area contributed by atoms with Crippen molar-refractivity contribution in [2.75, 3.05) is 13.1 Å². The SMILES string of the molecule is CCCCCCCC(CNCCC)Cc1ccc(Br)cc1. The Morgan fingerprint density at radius 1 is 0.952 bits per heavy atom. The van der Waals surface area contributed by atoms with Gasteiger partial charge in [0.05, 0.1) is 0 Å². The van der Waals surface area contributed by atoms with Gasteiger partial charge in [0.2, 0.25) is 0 Å². The lowest BCUT2D eigenvalue weighted by atomic mass is 9.93. The fourth-order valence-corrected chi connectivity index (χ4v) is 3.01. The molecule has 1 aromatic carbocycles. The number of nitrogens with one attached hydrogen (secondary N) is 1. The second-order valence-electron chi connectivity index (χ2n) is 6.10. The molecule has 0 saturated carbocycles. The van der Waals surface area contributed by atoms with Gasteiger partial charge in [0, 0.05) is 4.47 Å². The predicted octanol–water partition coefficient (Wildman–Crippen LogP) is 5.97. The standard InChI is InChI=1S/C19H32BrN/c1-3-5-6-7-8-9-18(16-21-14-4-2)15-17-10-12-19(20)13-11-17/h10-13,18,21H,3-9,14-16H2,1-2H3. The van der Waals surface area contributed by atoms with E-state index in [1.807, 2.05) is 0 Å². The molecule has 1 rings (SSSR count). The van der Waals surface area contributed by atoms with Crippen LogP contribution in [0.25, 0.3) is 0 Å². The van der Waals surface area contributed by atoms with Gasteiger partial charge in [-0.15, -0.1) is 0 Å². The zero-order chi connectivity index (χ0) is 15.3. The molecule has 0 saturated heterocycles. The topological polar surface area (TPSA) is 12.0 Å². The fraction of sp³-hybridized carbons (Fsp3) is 0.684. The zero-order valence-corrected chi connectivity index (χ0v) is 15.4. The maximum Gasteiger partial charge on any atom is 0.0175 e. The Bertz CT molecular complexity index is 347. The van der Waals surface area contributed by atoms with E-state index in [9.17, 15) is 0 Å². The van der Waals surface area contributed by atoms with Crippen LogP contribution in [0.1, 0.15) is 64.4 Å². The minimum absolute atomic E-state index is 0.777. The van der Waals surface area contributed by atoms with Crippen molar-refractivity contribution in [1.29, 1.82) is 0 Å². The molecule has 2 heteroatoms. The van der Waals surface area contributed by atoms with Crippen molar-refractivity contribution in [3.8, 4) is 0 Å². The Balaban J connectivity index is 2.37. The van der Waals surface area contributed by atoms with Gasteiger partial charge in [-0.1, -0.05) is 74.0 Å². The summed E-state index contributed by atoms with van der Waals surface area (Å²) < 4.78 is 1.17. The molecular formula is C19H32BrN. The molecule has 1 aromatic rings. The van der Waals surface area contributed by atoms with E-state index in [1.54, 1.807) is 0 Å². The minimum atomic E-state index is 0.777. The molecule has 0 heterocycles. The molecular weight excluding hydrogens is 322 g/mol. The summed E-state index contributed by atoms with van der Waals surface area (Å²) in [7, 11) is 0. The van der Waals surface area contributed by atoms with Crippen LogP contribution in [0, 0.1) is 5.92 Å². The molecule has 21 heavy (non-hydrogen) atoms. The van der Waals surface area contributed by atoms with Crippen LogP contribution in [-0.4, -0.2) is 13.1 Å². The first-order valence-corrected chi connectivity index (χ1v) is 9.50. The molecule has 0 aliphatic heterocycles. The van der Waals surface area contributed by atoms with E-state index in [-0.39, 0.29) is 0 Å². The van der Waals surface area contributed by atoms with E-state index in [2.05, 4.69) is 59.4 Å². The molecule has 1 N–H and O–H groups in total. The van der Waals surface area contributed by atoms with Crippen LogP contribution >= 0.6 is 15.9 Å². The molecule has 0 bridgehead atoms. The lowest BCUT2D eigenvalue weighted by Gasteiger charge is -2.18. The van der Waals surface area contributed by atoms with Crippen molar-refractivity contribution < 1.29 is 0 Å². The van der Waals surface area contributed by atoms with Crippen molar-refractivity contribution in [2.24, 2.45) is 5.92 Å². The van der Waals surface area contributed by atoms with Gasteiger partial charge < -0.3 is 5.32 Å². The first-order chi connectivity index (χ1) is 10.3. The molecule has 0 spiro atoms. The van der Waals surface area contributed by atoms with Gasteiger partial charge in [-0.3, -0.25) is 0 Å². The highest BCUT2D eigenvalue weighted by Crippen LogP contribution is 2.18. The highest BCUT2D eigenvalue weighted by Gasteiger charge is 2.09. The average molecular weight is 354 g/mol. The summed E-state index contributed by atoms with van der Waals surface area (Å²) in [4.78, 5) is 0. The van der Waals surface area contributed by atoms with Gasteiger partial charge in [0.25, 0.3) is 0 Å². The molecule has 1 nitrogen and oxygen atoms in total. The number of rotatable bonds is 12. The van der Waals surface area contributed by atoms with Crippen molar-refractivity contribution in [1.82, 2.24) is 5.32 Å². The molecule has 0 amide bonds. The van der Waals surface area contributed by atoms with Crippen molar-refractivity contribution in [3.63, 3.8) is 0 Å². The smallest absolute Gasteiger partial charge is 0.0175 e. The highest BCUT2D eigenvalue weighted by atomic mass is 79.9. The molecule has 0 fully saturated rings. The van der Waals surface area contributed by atoms with Gasteiger partial charge in [0.1, 0.15) is 0 Å². The monoisotopic (exact) mass is 353 g/mol. The molecule has 0 radical (unpaired) electrons. The quantitative estimate of drug-likeness (QED) is 0.456. The maximum atomic E-state index is 3.61. The molecule has 1 unspecified atom stereocenters. The van der Waals surface area contributed by atoms with Gasteiger partial charge in [-0.25, -0.2) is 0 Å². The number of halogens is 1. The van der Waals surface area contributed by atoms with Crippen LogP contribution in [-0.2, 0) is 6.42 Å². The van der Waals surface area contributed by atoms with Crippen molar-refractivity contribution >= 4 is 15.9 Å². The second-order valence-corrected chi connectivity index (χ2v) is 7.02. The second kappa shape index (κ2) is 12.2. The number of unbranched alkanes of at least 4 members (excludes halogenated alkanes) is 4. The largest absolute Gasteiger partial charge is 0.316 e. The van der Waals surface area contributed by atoms with Crippen LogP contribution in [0.5, 0.6) is 0 Å². The van der Waals surface area contributed by atoms with Gasteiger partial charge in [-0.2, -0.15) is 0 Å². The van der Waals surface area contributed by atoms with Crippen LogP contribution < -0.4 is 5.32 Å². The number of hydrogen-bond donors (Lipinski definition) is 1. The summed E-state index contributed by atoms with van der Waals surface area (Å²) in [5.74, 6) is 0.777. The first-order valence-electron chi connectivity index (χ1n) is 8.71. The number of hydrogen-bond acceptors (Lipinski definition) is 1. The van der Waals surface area contributed by atoms with Crippen LogP contribution in [0.3, 0.4) is 0 Å². The minimum Gasteiger partial charge on any atom is -0.316 e. The van der Waals surface area contributed by atoms with E-state index in [0.717, 1.165) is 19.0 Å². The van der Waals surface area contributed by atoms with Crippen molar-refractivity contribution in [3.05, 3.63) is 34.3 Å². The summed E-state index contributed by atoms with van der Waals surface area (Å²) in [5, 5.41) is 3.61. The Labute approximate surface area is 140 Å². The van der Waals surface area contributed by atoms with E-state index in [1.165, 1.54) is 61.4 Å². The summed E-state index contributed by atoms with van der Waals surface area (Å²) in [6.45, 7) is 6.83. The average Bonchev–Trinajstić information content (AvgIpc) is 2.49. The lowest BCUT2D eigenvalue weighted by Crippen LogP contribution is -2.25. The molecule has 120 valence electrons. The van der Waals surface area contributed by atoms with E-state index in [4.69, 9.17) is 0 Å². The normalized spacial score (nSPS) is 12.5. The van der Waals surface area contributed by atoms with E-state index >= 15 is 0 Å². The predicted molar refractivity (Wildman–Crippen MR) is 97.9 cm³/mol. The van der Waals surface area contributed by atoms with E-state index in [0.29, 0.717) is 0 Å². The summed E-state index contributed by atoms with van der Waals surface area (Å²) >= 11 is 3.52. The van der Waals surface area contributed by atoms with Gasteiger partial charge in [-0.05, 0) is 56.0 Å². The fourth-order valence-electron chi connectivity index (χ4n) is 2.75. The van der Waals surface area contributed by atoms with Crippen LogP contribution in [0.15, 0.2) is 28.7 Å². The summed E-state index contributed by atoms with van der Waals surface area (Å²) in [6, 6.07) is 8.84.